The third-order valence-corrected chi connectivity index (χ3v) is 3.93. The first-order chi connectivity index (χ1) is 9.83. The summed E-state index contributed by atoms with van der Waals surface area (Å²) in [5.41, 5.74) is 9.02. The first-order valence-electron chi connectivity index (χ1n) is 6.54. The lowest BCUT2D eigenvalue weighted by Gasteiger charge is -2.11. The summed E-state index contributed by atoms with van der Waals surface area (Å²) < 4.78 is 9.08. The molecule has 4 rings (SSSR count). The predicted molar refractivity (Wildman–Crippen MR) is 80.9 cm³/mol. The highest BCUT2D eigenvalue weighted by Crippen LogP contribution is 2.34. The van der Waals surface area contributed by atoms with Crippen LogP contribution >= 0.6 is 15.9 Å². The van der Waals surface area contributed by atoms with Gasteiger partial charge in [0.25, 0.3) is 0 Å². The van der Waals surface area contributed by atoms with Gasteiger partial charge in [-0.1, -0.05) is 15.9 Å². The number of nitrogens with one attached hydrogen (secondary N) is 2. The normalized spacial score (nSPS) is 16.9. The number of halogens is 1. The highest BCUT2D eigenvalue weighted by atomic mass is 79.9. The second-order valence-electron chi connectivity index (χ2n) is 4.78. The van der Waals surface area contributed by atoms with Crippen LogP contribution in [0.3, 0.4) is 0 Å². The summed E-state index contributed by atoms with van der Waals surface area (Å²) in [5.74, 6) is 1.87. The number of aromatic nitrogens is 2. The van der Waals surface area contributed by atoms with Gasteiger partial charge < -0.3 is 20.2 Å². The molecule has 2 aliphatic rings. The van der Waals surface area contributed by atoms with Crippen molar-refractivity contribution in [3.8, 4) is 5.75 Å². The van der Waals surface area contributed by atoms with E-state index in [9.17, 15) is 0 Å². The average Bonchev–Trinajstić information content (AvgIpc) is 2.68. The van der Waals surface area contributed by atoms with Gasteiger partial charge in [0.2, 0.25) is 0 Å². The van der Waals surface area contributed by atoms with Gasteiger partial charge in [0.05, 0.1) is 12.1 Å². The third-order valence-electron chi connectivity index (χ3n) is 3.47. The molecule has 0 aliphatic carbocycles. The SMILES string of the molecule is Brc1cc2c3c(c1)nc(C1=CNNC=C1)n3CCCO2. The van der Waals surface area contributed by atoms with Gasteiger partial charge in [0.15, 0.2) is 0 Å². The van der Waals surface area contributed by atoms with Crippen LogP contribution in [-0.2, 0) is 6.54 Å². The Kier molecular flexibility index (Phi) is 2.70. The topological polar surface area (TPSA) is 51.1 Å². The molecule has 0 amide bonds. The molecule has 0 radical (unpaired) electrons. The molecule has 6 heteroatoms. The molecule has 0 spiro atoms. The second-order valence-corrected chi connectivity index (χ2v) is 5.70. The second kappa shape index (κ2) is 4.56. The van der Waals surface area contributed by atoms with Crippen molar-refractivity contribution in [3.63, 3.8) is 0 Å². The Labute approximate surface area is 124 Å². The Morgan fingerprint density at radius 1 is 1.30 bits per heavy atom. The maximum atomic E-state index is 5.85. The number of benzene rings is 1. The molecule has 102 valence electrons. The molecule has 0 unspecified atom stereocenters. The fraction of sp³-hybridized carbons (Fsp3) is 0.214. The maximum Gasteiger partial charge on any atom is 0.146 e. The Balaban J connectivity index is 2.00. The van der Waals surface area contributed by atoms with Crippen LogP contribution in [0.2, 0.25) is 0 Å². The monoisotopic (exact) mass is 332 g/mol. The standard InChI is InChI=1S/C14H13BrN4O/c15-10-6-11-13-12(7-10)20-5-1-4-19(13)14(18-11)9-2-3-16-17-8-9/h2-3,6-8,16-17H,1,4-5H2. The lowest BCUT2D eigenvalue weighted by Crippen LogP contribution is -2.23. The van der Waals surface area contributed by atoms with Gasteiger partial charge in [-0.15, -0.1) is 0 Å². The van der Waals surface area contributed by atoms with Crippen molar-refractivity contribution in [1.29, 1.82) is 0 Å². The molecular weight excluding hydrogens is 320 g/mol. The average molecular weight is 333 g/mol. The number of nitrogens with zero attached hydrogens (tertiary/aromatic N) is 2. The van der Waals surface area contributed by atoms with E-state index in [4.69, 9.17) is 9.72 Å². The summed E-state index contributed by atoms with van der Waals surface area (Å²) >= 11 is 3.52. The van der Waals surface area contributed by atoms with Crippen molar-refractivity contribution in [2.45, 2.75) is 13.0 Å². The minimum atomic E-state index is 0.737. The number of hydrogen-bond acceptors (Lipinski definition) is 4. The lowest BCUT2D eigenvalue weighted by molar-refractivity contribution is 0.315. The number of imidazole rings is 1. The molecule has 3 heterocycles. The number of rotatable bonds is 1. The molecule has 1 aromatic carbocycles. The van der Waals surface area contributed by atoms with Crippen LogP contribution in [0.5, 0.6) is 5.75 Å². The molecule has 1 aromatic heterocycles. The summed E-state index contributed by atoms with van der Waals surface area (Å²) in [4.78, 5) is 4.78. The number of ether oxygens (including phenoxy) is 1. The predicted octanol–water partition coefficient (Wildman–Crippen LogP) is 2.54. The highest BCUT2D eigenvalue weighted by molar-refractivity contribution is 9.10. The van der Waals surface area contributed by atoms with Crippen LogP contribution in [-0.4, -0.2) is 16.2 Å². The Bertz CT molecular complexity index is 747. The van der Waals surface area contributed by atoms with Gasteiger partial charge in [-0.25, -0.2) is 4.98 Å². The van der Waals surface area contributed by atoms with Crippen LogP contribution in [0.4, 0.5) is 0 Å². The number of hydrazine groups is 1. The first-order valence-corrected chi connectivity index (χ1v) is 7.33. The molecule has 2 aliphatic heterocycles. The highest BCUT2D eigenvalue weighted by Gasteiger charge is 2.20. The Hall–Kier alpha value is -1.95. The summed E-state index contributed by atoms with van der Waals surface area (Å²) in [7, 11) is 0. The van der Waals surface area contributed by atoms with Gasteiger partial charge >= 0.3 is 0 Å². The molecular formula is C14H13BrN4O. The zero-order valence-corrected chi connectivity index (χ0v) is 12.3. The lowest BCUT2D eigenvalue weighted by atomic mass is 10.2. The molecule has 5 nitrogen and oxygen atoms in total. The molecule has 0 fully saturated rings. The minimum Gasteiger partial charge on any atom is -0.491 e. The third kappa shape index (κ3) is 1.79. The van der Waals surface area contributed by atoms with Crippen molar-refractivity contribution in [3.05, 3.63) is 40.9 Å². The van der Waals surface area contributed by atoms with Gasteiger partial charge in [0.1, 0.15) is 17.1 Å². The molecule has 0 saturated heterocycles. The zero-order valence-electron chi connectivity index (χ0n) is 10.7. The van der Waals surface area contributed by atoms with E-state index in [0.717, 1.165) is 52.2 Å². The fourth-order valence-corrected chi connectivity index (χ4v) is 3.06. The van der Waals surface area contributed by atoms with E-state index >= 15 is 0 Å². The Morgan fingerprint density at radius 2 is 2.25 bits per heavy atom. The molecule has 20 heavy (non-hydrogen) atoms. The smallest absolute Gasteiger partial charge is 0.146 e. The van der Waals surface area contributed by atoms with Crippen LogP contribution in [0.1, 0.15) is 12.2 Å². The first kappa shape index (κ1) is 11.8. The summed E-state index contributed by atoms with van der Waals surface area (Å²) in [6, 6.07) is 4.05. The van der Waals surface area contributed by atoms with E-state index in [1.54, 1.807) is 0 Å². The van der Waals surface area contributed by atoms with Crippen LogP contribution in [0.25, 0.3) is 16.6 Å². The van der Waals surface area contributed by atoms with Gasteiger partial charge in [-0.05, 0) is 24.6 Å². The number of aryl methyl sites for hydroxylation is 1. The number of hydrogen-bond donors (Lipinski definition) is 2. The van der Waals surface area contributed by atoms with Crippen LogP contribution in [0.15, 0.2) is 35.1 Å². The van der Waals surface area contributed by atoms with Crippen molar-refractivity contribution >= 4 is 32.5 Å². The summed E-state index contributed by atoms with van der Waals surface area (Å²) in [6.45, 7) is 1.65. The van der Waals surface area contributed by atoms with E-state index < -0.39 is 0 Å². The summed E-state index contributed by atoms with van der Waals surface area (Å²) in [5, 5.41) is 0. The van der Waals surface area contributed by atoms with E-state index in [-0.39, 0.29) is 0 Å². The van der Waals surface area contributed by atoms with Gasteiger partial charge in [0, 0.05) is 29.0 Å². The molecule has 0 bridgehead atoms. The largest absolute Gasteiger partial charge is 0.491 e. The summed E-state index contributed by atoms with van der Waals surface area (Å²) in [6.07, 6.45) is 6.78. The van der Waals surface area contributed by atoms with E-state index in [1.807, 2.05) is 30.6 Å². The van der Waals surface area contributed by atoms with Gasteiger partial charge in [-0.2, -0.15) is 0 Å². The van der Waals surface area contributed by atoms with Gasteiger partial charge in [-0.3, -0.25) is 0 Å². The van der Waals surface area contributed by atoms with Crippen molar-refractivity contribution < 1.29 is 4.74 Å². The molecule has 0 atom stereocenters. The zero-order chi connectivity index (χ0) is 13.5. The quantitative estimate of drug-likeness (QED) is 0.842. The molecule has 0 saturated carbocycles. The maximum absolute atomic E-state index is 5.85. The van der Waals surface area contributed by atoms with E-state index in [2.05, 4.69) is 31.3 Å². The van der Waals surface area contributed by atoms with Crippen LogP contribution in [0, 0.1) is 0 Å². The van der Waals surface area contributed by atoms with Crippen molar-refractivity contribution in [2.75, 3.05) is 6.61 Å². The van der Waals surface area contributed by atoms with Crippen LogP contribution < -0.4 is 15.6 Å². The molecule has 2 N–H and O–H groups in total. The minimum absolute atomic E-state index is 0.737. The van der Waals surface area contributed by atoms with Crippen molar-refractivity contribution in [2.24, 2.45) is 0 Å². The van der Waals surface area contributed by atoms with Crippen molar-refractivity contribution in [1.82, 2.24) is 20.4 Å². The number of allylic oxidation sites excluding steroid dienone is 2. The van der Waals surface area contributed by atoms with E-state index in [1.165, 1.54) is 0 Å². The Morgan fingerprint density at radius 3 is 3.10 bits per heavy atom. The van der Waals surface area contributed by atoms with E-state index in [0.29, 0.717) is 0 Å². The molecule has 2 aromatic rings. The fourth-order valence-electron chi connectivity index (χ4n) is 2.64.